The van der Waals surface area contributed by atoms with Gasteiger partial charge in [0, 0.05) is 30.2 Å². The summed E-state index contributed by atoms with van der Waals surface area (Å²) in [6, 6.07) is 11.1. The Morgan fingerprint density at radius 2 is 1.46 bits per heavy atom. The molecule has 35 heavy (non-hydrogen) atoms. The van der Waals surface area contributed by atoms with Crippen molar-refractivity contribution in [1.82, 2.24) is 0 Å². The third kappa shape index (κ3) is 5.18. The molecule has 0 saturated carbocycles. The average molecular weight is 484 g/mol. The lowest BCUT2D eigenvalue weighted by Gasteiger charge is -2.08. The number of fused-ring (bicyclic) bond motifs is 1. The van der Waals surface area contributed by atoms with Crippen LogP contribution in [0.15, 0.2) is 54.6 Å². The van der Waals surface area contributed by atoms with E-state index < -0.39 is 40.5 Å². The Morgan fingerprint density at radius 1 is 0.714 bits per heavy atom. The maximum Gasteiger partial charge on any atom is 0.195 e. The Labute approximate surface area is 198 Å². The summed E-state index contributed by atoms with van der Waals surface area (Å²) in [6.45, 7) is 0.536. The summed E-state index contributed by atoms with van der Waals surface area (Å²) in [6.07, 6.45) is 1.31. The van der Waals surface area contributed by atoms with Crippen molar-refractivity contribution in [3.05, 3.63) is 106 Å². The molecule has 0 aliphatic heterocycles. The van der Waals surface area contributed by atoms with Gasteiger partial charge in [-0.15, -0.1) is 0 Å². The molecule has 7 heteroatoms. The Bertz CT molecular complexity index is 1460. The standard InChI is InChI=1S/C28H18F6O/c1-35-10-2-3-16-4-7-20(23(29)12-16)19-13-24(30)22(25(31)14-19)9-6-17-5-8-21-18(11-17)15-26(32)28(34)27(21)33/h4-5,7-8,11-15H,2-3,10H2,1H3. The van der Waals surface area contributed by atoms with Crippen LogP contribution in [0.25, 0.3) is 21.9 Å². The minimum atomic E-state index is -1.59. The zero-order valence-electron chi connectivity index (χ0n) is 18.5. The van der Waals surface area contributed by atoms with Gasteiger partial charge < -0.3 is 4.74 Å². The second-order valence-corrected chi connectivity index (χ2v) is 7.90. The van der Waals surface area contributed by atoms with Gasteiger partial charge in [-0.05, 0) is 65.8 Å². The van der Waals surface area contributed by atoms with E-state index in [1.807, 2.05) is 0 Å². The second-order valence-electron chi connectivity index (χ2n) is 7.90. The maximum absolute atomic E-state index is 14.7. The van der Waals surface area contributed by atoms with Crippen LogP contribution in [-0.4, -0.2) is 13.7 Å². The van der Waals surface area contributed by atoms with E-state index in [2.05, 4.69) is 11.8 Å². The number of hydrogen-bond acceptors (Lipinski definition) is 1. The van der Waals surface area contributed by atoms with Crippen LogP contribution in [-0.2, 0) is 11.2 Å². The molecule has 0 amide bonds. The number of aryl methyl sites for hydroxylation is 1. The summed E-state index contributed by atoms with van der Waals surface area (Å²) in [7, 11) is 1.58. The van der Waals surface area contributed by atoms with E-state index in [4.69, 9.17) is 4.74 Å². The zero-order chi connectivity index (χ0) is 25.1. The number of ether oxygens (including phenoxy) is 1. The third-order valence-electron chi connectivity index (χ3n) is 5.51. The van der Waals surface area contributed by atoms with Crippen LogP contribution in [0.1, 0.15) is 23.1 Å². The summed E-state index contributed by atoms with van der Waals surface area (Å²) < 4.78 is 89.7. The van der Waals surface area contributed by atoms with Gasteiger partial charge in [0.15, 0.2) is 17.5 Å². The van der Waals surface area contributed by atoms with Gasteiger partial charge in [-0.25, -0.2) is 26.3 Å². The van der Waals surface area contributed by atoms with Crippen molar-refractivity contribution in [1.29, 1.82) is 0 Å². The fourth-order valence-corrected chi connectivity index (χ4v) is 3.73. The van der Waals surface area contributed by atoms with Gasteiger partial charge in [-0.1, -0.05) is 30.0 Å². The van der Waals surface area contributed by atoms with Crippen LogP contribution in [0.2, 0.25) is 0 Å². The van der Waals surface area contributed by atoms with Crippen LogP contribution < -0.4 is 0 Å². The van der Waals surface area contributed by atoms with Crippen LogP contribution >= 0.6 is 0 Å². The Morgan fingerprint density at radius 3 is 2.14 bits per heavy atom. The minimum absolute atomic E-state index is 0.0187. The zero-order valence-corrected chi connectivity index (χ0v) is 18.5. The van der Waals surface area contributed by atoms with Gasteiger partial charge in [0.2, 0.25) is 0 Å². The van der Waals surface area contributed by atoms with Gasteiger partial charge in [0.05, 0.1) is 5.56 Å². The van der Waals surface area contributed by atoms with Gasteiger partial charge >= 0.3 is 0 Å². The Balaban J connectivity index is 1.63. The number of hydrogen-bond donors (Lipinski definition) is 0. The number of benzene rings is 4. The van der Waals surface area contributed by atoms with Gasteiger partial charge in [-0.3, -0.25) is 0 Å². The normalized spacial score (nSPS) is 10.9. The first-order chi connectivity index (χ1) is 16.8. The lowest BCUT2D eigenvalue weighted by Crippen LogP contribution is -1.96. The number of methoxy groups -OCH3 is 1. The molecule has 0 spiro atoms. The molecule has 0 unspecified atom stereocenters. The summed E-state index contributed by atoms with van der Waals surface area (Å²) in [5.41, 5.74) is 0.473. The highest BCUT2D eigenvalue weighted by Gasteiger charge is 2.15. The molecule has 4 aromatic rings. The van der Waals surface area contributed by atoms with E-state index in [-0.39, 0.29) is 27.5 Å². The first-order valence-electron chi connectivity index (χ1n) is 10.6. The topological polar surface area (TPSA) is 9.23 Å². The van der Waals surface area contributed by atoms with E-state index >= 15 is 0 Å². The second kappa shape index (κ2) is 10.2. The predicted molar refractivity (Wildman–Crippen MR) is 122 cm³/mol. The minimum Gasteiger partial charge on any atom is -0.385 e. The lowest BCUT2D eigenvalue weighted by atomic mass is 9.99. The van der Waals surface area contributed by atoms with Crippen molar-refractivity contribution in [2.75, 3.05) is 13.7 Å². The van der Waals surface area contributed by atoms with E-state index in [1.165, 1.54) is 30.3 Å². The summed E-state index contributed by atoms with van der Waals surface area (Å²) in [5.74, 6) is -1.96. The molecule has 0 heterocycles. The van der Waals surface area contributed by atoms with Crippen LogP contribution in [0.5, 0.6) is 0 Å². The van der Waals surface area contributed by atoms with Crippen molar-refractivity contribution in [3.63, 3.8) is 0 Å². The molecule has 0 bridgehead atoms. The lowest BCUT2D eigenvalue weighted by molar-refractivity contribution is 0.195. The van der Waals surface area contributed by atoms with Crippen molar-refractivity contribution in [3.8, 4) is 23.0 Å². The largest absolute Gasteiger partial charge is 0.385 e. The van der Waals surface area contributed by atoms with E-state index in [9.17, 15) is 26.3 Å². The Kier molecular flexibility index (Phi) is 7.13. The summed E-state index contributed by atoms with van der Waals surface area (Å²) in [4.78, 5) is 0. The monoisotopic (exact) mass is 484 g/mol. The molecule has 0 aromatic heterocycles. The van der Waals surface area contributed by atoms with E-state index in [0.29, 0.717) is 19.4 Å². The molecular formula is C28H18F6O. The summed E-state index contributed by atoms with van der Waals surface area (Å²) >= 11 is 0. The van der Waals surface area contributed by atoms with Gasteiger partial charge in [0.1, 0.15) is 17.5 Å². The molecule has 4 rings (SSSR count). The molecule has 0 fully saturated rings. The fourth-order valence-electron chi connectivity index (χ4n) is 3.73. The highest BCUT2D eigenvalue weighted by atomic mass is 19.2. The van der Waals surface area contributed by atoms with Crippen molar-refractivity contribution in [2.24, 2.45) is 0 Å². The molecule has 178 valence electrons. The quantitative estimate of drug-likeness (QED) is 0.125. The Hall–Kier alpha value is -3.76. The van der Waals surface area contributed by atoms with Crippen LogP contribution in [0.3, 0.4) is 0 Å². The van der Waals surface area contributed by atoms with Crippen molar-refractivity contribution >= 4 is 10.8 Å². The first-order valence-corrected chi connectivity index (χ1v) is 10.6. The first kappa shape index (κ1) is 24.4. The van der Waals surface area contributed by atoms with Crippen molar-refractivity contribution in [2.45, 2.75) is 12.8 Å². The summed E-state index contributed by atoms with van der Waals surface area (Å²) in [5, 5.41) is -0.103. The van der Waals surface area contributed by atoms with Gasteiger partial charge in [-0.2, -0.15) is 0 Å². The molecule has 0 atom stereocenters. The predicted octanol–water partition coefficient (Wildman–Crippen LogP) is 7.32. The van der Waals surface area contributed by atoms with E-state index in [1.54, 1.807) is 13.2 Å². The molecule has 0 saturated heterocycles. The van der Waals surface area contributed by atoms with Crippen molar-refractivity contribution < 1.29 is 31.1 Å². The molecule has 4 aromatic carbocycles. The maximum atomic E-state index is 14.7. The SMILES string of the molecule is COCCCc1ccc(-c2cc(F)c(C#Cc3ccc4c(F)c(F)c(F)cc4c3)c(F)c2)c(F)c1. The van der Waals surface area contributed by atoms with Gasteiger partial charge in [0.25, 0.3) is 0 Å². The molecule has 0 radical (unpaired) electrons. The average Bonchev–Trinajstić information content (AvgIpc) is 2.82. The number of rotatable bonds is 5. The third-order valence-corrected chi connectivity index (χ3v) is 5.51. The molecule has 1 nitrogen and oxygen atoms in total. The van der Waals surface area contributed by atoms with E-state index in [0.717, 1.165) is 23.8 Å². The molecule has 0 N–H and O–H groups in total. The fraction of sp³-hybridized carbons (Fsp3) is 0.143. The number of halogens is 6. The highest BCUT2D eigenvalue weighted by molar-refractivity contribution is 5.84. The molecule has 0 aliphatic rings. The molecular weight excluding hydrogens is 466 g/mol. The molecule has 0 aliphatic carbocycles. The smallest absolute Gasteiger partial charge is 0.195 e. The van der Waals surface area contributed by atoms with Crippen LogP contribution in [0.4, 0.5) is 26.3 Å². The van der Waals surface area contributed by atoms with Crippen LogP contribution in [0, 0.1) is 46.7 Å². The highest BCUT2D eigenvalue weighted by Crippen LogP contribution is 2.28.